The zero-order valence-electron chi connectivity index (χ0n) is 22.6. The summed E-state index contributed by atoms with van der Waals surface area (Å²) in [4.78, 5) is 31.8. The molecular formula is C31H25FN8O. The van der Waals surface area contributed by atoms with Crippen LogP contribution >= 0.6 is 0 Å². The number of carbonyl (C=O) groups excluding carboxylic acids is 1. The summed E-state index contributed by atoms with van der Waals surface area (Å²) in [6, 6.07) is 16.6. The van der Waals surface area contributed by atoms with Gasteiger partial charge in [0.2, 0.25) is 11.9 Å². The lowest BCUT2D eigenvalue weighted by molar-refractivity contribution is 0.0997. The number of amides is 1. The summed E-state index contributed by atoms with van der Waals surface area (Å²) in [6.45, 7) is 4.26. The summed E-state index contributed by atoms with van der Waals surface area (Å²) < 4.78 is 16.4. The summed E-state index contributed by atoms with van der Waals surface area (Å²) in [5, 5.41) is 8.55. The van der Waals surface area contributed by atoms with Crippen LogP contribution in [0, 0.1) is 19.8 Å². The highest BCUT2D eigenvalue weighted by Gasteiger charge is 2.32. The number of nitrogens with one attached hydrogen (secondary N) is 2. The second kappa shape index (κ2) is 9.37. The van der Waals surface area contributed by atoms with E-state index in [9.17, 15) is 9.18 Å². The number of para-hydroxylation sites is 1. The molecule has 6 aromatic rings. The number of rotatable bonds is 5. The minimum Gasteiger partial charge on any atom is -0.359 e. The number of aromatic amines is 1. The molecule has 9 nitrogen and oxygen atoms in total. The molecule has 202 valence electrons. The third-order valence-electron chi connectivity index (χ3n) is 7.58. The molecule has 1 aliphatic heterocycles. The number of H-pyrrole nitrogens is 1. The zero-order valence-corrected chi connectivity index (χ0v) is 22.6. The van der Waals surface area contributed by atoms with E-state index in [4.69, 9.17) is 4.98 Å². The van der Waals surface area contributed by atoms with Crippen LogP contribution in [0.25, 0.3) is 33.3 Å². The topological polar surface area (TPSA) is 105 Å². The van der Waals surface area contributed by atoms with E-state index < -0.39 is 5.95 Å². The highest BCUT2D eigenvalue weighted by molar-refractivity contribution is 6.15. The van der Waals surface area contributed by atoms with Crippen molar-refractivity contribution in [3.05, 3.63) is 102 Å². The van der Waals surface area contributed by atoms with Gasteiger partial charge in [-0.1, -0.05) is 24.3 Å². The smallest absolute Gasteiger partial charge is 0.259 e. The summed E-state index contributed by atoms with van der Waals surface area (Å²) in [7, 11) is 1.88. The molecular weight excluding hydrogens is 519 g/mol. The van der Waals surface area contributed by atoms with Crippen LogP contribution in [0.15, 0.2) is 73.2 Å². The van der Waals surface area contributed by atoms with Gasteiger partial charge in [-0.25, -0.2) is 15.0 Å². The average molecular weight is 545 g/mol. The van der Waals surface area contributed by atoms with E-state index in [1.807, 2.05) is 57.4 Å². The Labute approximate surface area is 234 Å². The van der Waals surface area contributed by atoms with Gasteiger partial charge in [0.1, 0.15) is 0 Å². The van der Waals surface area contributed by atoms with Gasteiger partial charge >= 0.3 is 0 Å². The molecule has 2 N–H and O–H groups in total. The first kappa shape index (κ1) is 24.6. The number of aryl methyl sites for hydroxylation is 3. The van der Waals surface area contributed by atoms with Gasteiger partial charge in [0.15, 0.2) is 5.82 Å². The zero-order chi connectivity index (χ0) is 28.2. The standard InChI is InChI=1S/C31H25FN8O/c1-17-14-35-31(36-26-13-18(2)39(3)38-26)37-27(17)23-15-34-28-20(23)8-5-11-25(28)40-16-24-19(7-4-9-22(24)30(40)41)21-10-6-12-33-29(21)32/h4-15,34H,16H2,1-3H3,(H,35,36,37,38). The molecule has 0 unspecified atom stereocenters. The van der Waals surface area contributed by atoms with E-state index in [1.54, 1.807) is 40.0 Å². The number of aromatic nitrogens is 6. The van der Waals surface area contributed by atoms with Crippen LogP contribution in [-0.4, -0.2) is 35.6 Å². The summed E-state index contributed by atoms with van der Waals surface area (Å²) in [5.74, 6) is 0.411. The Morgan fingerprint density at radius 3 is 2.59 bits per heavy atom. The Morgan fingerprint density at radius 1 is 0.976 bits per heavy atom. The number of pyridine rings is 1. The van der Waals surface area contributed by atoms with Crippen molar-refractivity contribution in [2.24, 2.45) is 7.05 Å². The van der Waals surface area contributed by atoms with Gasteiger partial charge in [-0.05, 0) is 54.8 Å². The van der Waals surface area contributed by atoms with Crippen molar-refractivity contribution in [3.8, 4) is 22.4 Å². The fourth-order valence-electron chi connectivity index (χ4n) is 5.44. The van der Waals surface area contributed by atoms with Crippen LogP contribution in [0.2, 0.25) is 0 Å². The number of fused-ring (bicyclic) bond motifs is 2. The second-order valence-electron chi connectivity index (χ2n) is 10.1. The van der Waals surface area contributed by atoms with E-state index in [-0.39, 0.29) is 5.91 Å². The molecule has 4 aromatic heterocycles. The minimum absolute atomic E-state index is 0.134. The summed E-state index contributed by atoms with van der Waals surface area (Å²) >= 11 is 0. The average Bonchev–Trinajstić information content (AvgIpc) is 3.65. The van der Waals surface area contributed by atoms with Crippen molar-refractivity contribution in [1.82, 2.24) is 29.7 Å². The number of hydrogen-bond acceptors (Lipinski definition) is 6. The molecule has 0 saturated carbocycles. The molecule has 0 atom stereocenters. The van der Waals surface area contributed by atoms with E-state index in [0.29, 0.717) is 35.0 Å². The highest BCUT2D eigenvalue weighted by atomic mass is 19.1. The lowest BCUT2D eigenvalue weighted by Crippen LogP contribution is -2.23. The maximum atomic E-state index is 14.6. The van der Waals surface area contributed by atoms with Crippen molar-refractivity contribution in [3.63, 3.8) is 0 Å². The Morgan fingerprint density at radius 2 is 1.78 bits per heavy atom. The van der Waals surface area contributed by atoms with Crippen molar-refractivity contribution in [2.45, 2.75) is 20.4 Å². The van der Waals surface area contributed by atoms with Crippen molar-refractivity contribution >= 4 is 34.3 Å². The first-order valence-electron chi connectivity index (χ1n) is 13.2. The van der Waals surface area contributed by atoms with Gasteiger partial charge in [-0.2, -0.15) is 9.49 Å². The fraction of sp³-hybridized carbons (Fsp3) is 0.129. The van der Waals surface area contributed by atoms with Crippen molar-refractivity contribution in [2.75, 3.05) is 10.2 Å². The molecule has 0 bridgehead atoms. The maximum Gasteiger partial charge on any atom is 0.259 e. The second-order valence-corrected chi connectivity index (χ2v) is 10.1. The van der Waals surface area contributed by atoms with Gasteiger partial charge in [-0.3, -0.25) is 9.48 Å². The molecule has 1 aliphatic rings. The van der Waals surface area contributed by atoms with Gasteiger partial charge < -0.3 is 15.2 Å². The largest absolute Gasteiger partial charge is 0.359 e. The number of carbonyl (C=O) groups is 1. The van der Waals surface area contributed by atoms with Crippen LogP contribution in [0.5, 0.6) is 0 Å². The molecule has 5 heterocycles. The van der Waals surface area contributed by atoms with Crippen molar-refractivity contribution < 1.29 is 9.18 Å². The van der Waals surface area contributed by atoms with E-state index >= 15 is 0 Å². The van der Waals surface area contributed by atoms with Gasteiger partial charge in [0.05, 0.1) is 23.4 Å². The van der Waals surface area contributed by atoms with E-state index in [0.717, 1.165) is 44.7 Å². The van der Waals surface area contributed by atoms with Crippen LogP contribution < -0.4 is 10.2 Å². The molecule has 0 spiro atoms. The molecule has 0 saturated heterocycles. The van der Waals surface area contributed by atoms with Gasteiger partial charge in [-0.15, -0.1) is 0 Å². The van der Waals surface area contributed by atoms with Gasteiger partial charge in [0.25, 0.3) is 5.91 Å². The monoisotopic (exact) mass is 544 g/mol. The molecule has 0 radical (unpaired) electrons. The van der Waals surface area contributed by atoms with E-state index in [2.05, 4.69) is 25.4 Å². The Balaban J connectivity index is 1.27. The molecule has 2 aromatic carbocycles. The Bertz CT molecular complexity index is 1970. The maximum absolute atomic E-state index is 14.6. The molecule has 10 heteroatoms. The van der Waals surface area contributed by atoms with Crippen LogP contribution in [0.3, 0.4) is 0 Å². The third-order valence-corrected chi connectivity index (χ3v) is 7.58. The predicted octanol–water partition coefficient (Wildman–Crippen LogP) is 6.08. The lowest BCUT2D eigenvalue weighted by Gasteiger charge is -2.17. The lowest BCUT2D eigenvalue weighted by atomic mass is 9.98. The van der Waals surface area contributed by atoms with Crippen LogP contribution in [0.4, 0.5) is 21.8 Å². The first-order valence-corrected chi connectivity index (χ1v) is 13.2. The quantitative estimate of drug-likeness (QED) is 0.255. The van der Waals surface area contributed by atoms with Gasteiger partial charge in [0, 0.05) is 59.5 Å². The molecule has 0 aliphatic carbocycles. The molecule has 41 heavy (non-hydrogen) atoms. The number of anilines is 3. The first-order chi connectivity index (χ1) is 19.9. The summed E-state index contributed by atoms with van der Waals surface area (Å²) in [5.41, 5.74) is 7.52. The number of halogens is 1. The number of nitrogens with zero attached hydrogens (tertiary/aromatic N) is 6. The fourth-order valence-corrected chi connectivity index (χ4v) is 5.44. The van der Waals surface area contributed by atoms with Crippen LogP contribution in [-0.2, 0) is 13.6 Å². The Hall–Kier alpha value is -5.38. The summed E-state index contributed by atoms with van der Waals surface area (Å²) in [6.07, 6.45) is 5.10. The molecule has 1 amide bonds. The normalized spacial score (nSPS) is 12.8. The number of hydrogen-bond donors (Lipinski definition) is 2. The third kappa shape index (κ3) is 4.03. The SMILES string of the molecule is Cc1cnc(Nc2cc(C)n(C)n2)nc1-c1c[nH]c2c(N3Cc4c(cccc4-c4cccnc4F)C3=O)cccc12. The predicted molar refractivity (Wildman–Crippen MR) is 155 cm³/mol. The molecule has 0 fully saturated rings. The van der Waals surface area contributed by atoms with Crippen LogP contribution in [0.1, 0.15) is 27.2 Å². The van der Waals surface area contributed by atoms with Crippen molar-refractivity contribution in [1.29, 1.82) is 0 Å². The Kier molecular flexibility index (Phi) is 5.63. The minimum atomic E-state index is -0.560. The van der Waals surface area contributed by atoms with E-state index in [1.165, 1.54) is 6.20 Å². The number of benzene rings is 2. The highest BCUT2D eigenvalue weighted by Crippen LogP contribution is 2.40. The molecule has 7 rings (SSSR count).